The molecule has 116 valence electrons. The topological polar surface area (TPSA) is 35.6 Å². The Balaban J connectivity index is 1.84. The number of hydrogen-bond acceptors (Lipinski definition) is 3. The first-order valence-corrected chi connectivity index (χ1v) is 8.48. The van der Waals surface area contributed by atoms with Gasteiger partial charge in [0.2, 0.25) is 5.91 Å². The van der Waals surface area contributed by atoms with Gasteiger partial charge in [-0.1, -0.05) is 13.3 Å². The number of hydrogen-bond donors (Lipinski definition) is 1. The fourth-order valence-electron chi connectivity index (χ4n) is 3.46. The third kappa shape index (κ3) is 4.19. The molecule has 4 nitrogen and oxygen atoms in total. The summed E-state index contributed by atoms with van der Waals surface area (Å²) in [6.45, 7) is 9.73. The van der Waals surface area contributed by atoms with Gasteiger partial charge in [0.05, 0.1) is 6.04 Å². The second-order valence-corrected chi connectivity index (χ2v) is 6.39. The SMILES string of the molecule is CCCNC1CCCN(C(C)CN2CCCCC2)C1=O. The van der Waals surface area contributed by atoms with E-state index in [9.17, 15) is 4.79 Å². The minimum atomic E-state index is 0.0625. The second kappa shape index (κ2) is 7.99. The summed E-state index contributed by atoms with van der Waals surface area (Å²) in [4.78, 5) is 17.2. The summed E-state index contributed by atoms with van der Waals surface area (Å²) < 4.78 is 0. The van der Waals surface area contributed by atoms with Crippen molar-refractivity contribution in [3.05, 3.63) is 0 Å². The molecule has 0 aromatic rings. The standard InChI is InChI=1S/C16H31N3O/c1-3-9-17-15-8-7-12-19(16(15)20)14(2)13-18-10-5-4-6-11-18/h14-15,17H,3-13H2,1-2H3. The highest BCUT2D eigenvalue weighted by atomic mass is 16.2. The number of likely N-dealkylation sites (tertiary alicyclic amines) is 2. The predicted octanol–water partition coefficient (Wildman–Crippen LogP) is 1.85. The van der Waals surface area contributed by atoms with E-state index in [4.69, 9.17) is 0 Å². The van der Waals surface area contributed by atoms with Crippen molar-refractivity contribution in [2.24, 2.45) is 0 Å². The third-order valence-electron chi connectivity index (χ3n) is 4.62. The first-order valence-electron chi connectivity index (χ1n) is 8.48. The van der Waals surface area contributed by atoms with E-state index in [0.717, 1.165) is 38.9 Å². The zero-order valence-corrected chi connectivity index (χ0v) is 13.2. The molecule has 1 amide bonds. The van der Waals surface area contributed by atoms with Gasteiger partial charge in [0.1, 0.15) is 0 Å². The maximum atomic E-state index is 12.6. The molecule has 0 aromatic carbocycles. The molecule has 2 saturated heterocycles. The van der Waals surface area contributed by atoms with Crippen LogP contribution in [0.5, 0.6) is 0 Å². The van der Waals surface area contributed by atoms with Crippen molar-refractivity contribution in [1.29, 1.82) is 0 Å². The van der Waals surface area contributed by atoms with Crippen LogP contribution >= 0.6 is 0 Å². The maximum Gasteiger partial charge on any atom is 0.239 e. The van der Waals surface area contributed by atoms with Crippen LogP contribution in [0.3, 0.4) is 0 Å². The molecule has 2 aliphatic heterocycles. The first-order chi connectivity index (χ1) is 9.72. The molecule has 0 aromatic heterocycles. The van der Waals surface area contributed by atoms with Gasteiger partial charge in [-0.2, -0.15) is 0 Å². The normalized spacial score (nSPS) is 26.8. The Morgan fingerprint density at radius 2 is 1.95 bits per heavy atom. The van der Waals surface area contributed by atoms with Gasteiger partial charge in [-0.25, -0.2) is 0 Å². The fraction of sp³-hybridized carbons (Fsp3) is 0.938. The van der Waals surface area contributed by atoms with E-state index in [1.807, 2.05) is 0 Å². The van der Waals surface area contributed by atoms with Gasteiger partial charge in [-0.15, -0.1) is 0 Å². The number of nitrogens with one attached hydrogen (secondary N) is 1. The highest BCUT2D eigenvalue weighted by Crippen LogP contribution is 2.17. The number of carbonyl (C=O) groups excluding carboxylic acids is 1. The summed E-state index contributed by atoms with van der Waals surface area (Å²) in [7, 11) is 0. The Hall–Kier alpha value is -0.610. The molecule has 0 saturated carbocycles. The minimum absolute atomic E-state index is 0.0625. The number of amides is 1. The highest BCUT2D eigenvalue weighted by molar-refractivity contribution is 5.82. The van der Waals surface area contributed by atoms with E-state index in [1.54, 1.807) is 0 Å². The van der Waals surface area contributed by atoms with Crippen LogP contribution in [0.15, 0.2) is 0 Å². The molecule has 0 aliphatic carbocycles. The van der Waals surface area contributed by atoms with E-state index in [0.29, 0.717) is 11.9 Å². The van der Waals surface area contributed by atoms with Crippen LogP contribution in [0, 0.1) is 0 Å². The molecule has 2 atom stereocenters. The molecule has 20 heavy (non-hydrogen) atoms. The van der Waals surface area contributed by atoms with E-state index < -0.39 is 0 Å². The summed E-state index contributed by atoms with van der Waals surface area (Å²) >= 11 is 0. The van der Waals surface area contributed by atoms with Crippen LogP contribution in [0.2, 0.25) is 0 Å². The van der Waals surface area contributed by atoms with Crippen LogP contribution in [0.1, 0.15) is 52.4 Å². The Morgan fingerprint density at radius 3 is 2.65 bits per heavy atom. The first kappa shape index (κ1) is 15.8. The quantitative estimate of drug-likeness (QED) is 0.807. The summed E-state index contributed by atoms with van der Waals surface area (Å²) in [6.07, 6.45) is 7.25. The molecule has 0 spiro atoms. The summed E-state index contributed by atoms with van der Waals surface area (Å²) in [5.74, 6) is 0.328. The molecule has 2 aliphatic rings. The van der Waals surface area contributed by atoms with Gasteiger partial charge in [-0.3, -0.25) is 4.79 Å². The number of nitrogens with zero attached hydrogens (tertiary/aromatic N) is 2. The molecule has 2 heterocycles. The van der Waals surface area contributed by atoms with Gasteiger partial charge >= 0.3 is 0 Å². The van der Waals surface area contributed by atoms with Gasteiger partial charge in [0.15, 0.2) is 0 Å². The molecule has 0 radical (unpaired) electrons. The van der Waals surface area contributed by atoms with Crippen LogP contribution in [-0.2, 0) is 4.79 Å². The predicted molar refractivity (Wildman–Crippen MR) is 82.8 cm³/mol. The second-order valence-electron chi connectivity index (χ2n) is 6.39. The van der Waals surface area contributed by atoms with Crippen molar-refractivity contribution >= 4 is 5.91 Å². The summed E-state index contributed by atoms with van der Waals surface area (Å²) in [6, 6.07) is 0.416. The average molecular weight is 281 g/mol. The molecular weight excluding hydrogens is 250 g/mol. The van der Waals surface area contributed by atoms with Crippen molar-refractivity contribution in [3.8, 4) is 0 Å². The van der Waals surface area contributed by atoms with Gasteiger partial charge in [0, 0.05) is 19.1 Å². The van der Waals surface area contributed by atoms with Gasteiger partial charge in [-0.05, 0) is 58.7 Å². The van der Waals surface area contributed by atoms with Gasteiger partial charge in [0.25, 0.3) is 0 Å². The Labute approximate surface area is 123 Å². The van der Waals surface area contributed by atoms with Crippen molar-refractivity contribution < 1.29 is 4.79 Å². The van der Waals surface area contributed by atoms with Gasteiger partial charge < -0.3 is 15.1 Å². The molecule has 1 N–H and O–H groups in total. The van der Waals surface area contributed by atoms with Crippen molar-refractivity contribution in [2.75, 3.05) is 32.7 Å². The largest absolute Gasteiger partial charge is 0.337 e. The average Bonchev–Trinajstić information content (AvgIpc) is 2.47. The summed E-state index contributed by atoms with van der Waals surface area (Å²) in [5.41, 5.74) is 0. The number of rotatable bonds is 6. The van der Waals surface area contributed by atoms with Crippen LogP contribution < -0.4 is 5.32 Å². The fourth-order valence-corrected chi connectivity index (χ4v) is 3.46. The Morgan fingerprint density at radius 1 is 1.20 bits per heavy atom. The van der Waals surface area contributed by atoms with E-state index in [1.165, 1.54) is 32.4 Å². The van der Waals surface area contributed by atoms with Crippen molar-refractivity contribution in [2.45, 2.75) is 64.5 Å². The Bertz CT molecular complexity index is 302. The number of piperidine rings is 2. The van der Waals surface area contributed by atoms with Crippen molar-refractivity contribution in [1.82, 2.24) is 15.1 Å². The lowest BCUT2D eigenvalue weighted by molar-refractivity contribution is -0.138. The molecule has 2 unspecified atom stereocenters. The maximum absolute atomic E-state index is 12.6. The lowest BCUT2D eigenvalue weighted by Crippen LogP contribution is -2.56. The van der Waals surface area contributed by atoms with Crippen LogP contribution in [0.25, 0.3) is 0 Å². The number of carbonyl (C=O) groups is 1. The Kier molecular flexibility index (Phi) is 6.30. The molecule has 0 bridgehead atoms. The monoisotopic (exact) mass is 281 g/mol. The molecular formula is C16H31N3O. The smallest absolute Gasteiger partial charge is 0.239 e. The van der Waals surface area contributed by atoms with E-state index in [2.05, 4.69) is 29.0 Å². The third-order valence-corrected chi connectivity index (χ3v) is 4.62. The summed E-state index contributed by atoms with van der Waals surface area (Å²) in [5, 5.41) is 3.40. The van der Waals surface area contributed by atoms with Crippen LogP contribution in [0.4, 0.5) is 0 Å². The van der Waals surface area contributed by atoms with E-state index in [-0.39, 0.29) is 6.04 Å². The highest BCUT2D eigenvalue weighted by Gasteiger charge is 2.31. The van der Waals surface area contributed by atoms with E-state index >= 15 is 0 Å². The van der Waals surface area contributed by atoms with Crippen LogP contribution in [-0.4, -0.2) is 60.5 Å². The van der Waals surface area contributed by atoms with Crippen molar-refractivity contribution in [3.63, 3.8) is 0 Å². The molecule has 2 fully saturated rings. The zero-order chi connectivity index (χ0) is 14.4. The lowest BCUT2D eigenvalue weighted by Gasteiger charge is -2.39. The minimum Gasteiger partial charge on any atom is -0.337 e. The lowest BCUT2D eigenvalue weighted by atomic mass is 10.0. The zero-order valence-electron chi connectivity index (χ0n) is 13.2. The molecule has 4 heteroatoms. The molecule has 2 rings (SSSR count).